The predicted molar refractivity (Wildman–Crippen MR) is 124 cm³/mol. The van der Waals surface area contributed by atoms with E-state index in [0.29, 0.717) is 16.9 Å². The van der Waals surface area contributed by atoms with Crippen molar-refractivity contribution in [3.8, 4) is 22.5 Å². The van der Waals surface area contributed by atoms with E-state index in [1.807, 2.05) is 18.2 Å². The first-order chi connectivity index (χ1) is 15.1. The maximum atomic E-state index is 6.51. The fourth-order valence-corrected chi connectivity index (χ4v) is 4.33. The predicted octanol–water partition coefficient (Wildman–Crippen LogP) is 5.90. The van der Waals surface area contributed by atoms with Crippen LogP contribution >= 0.6 is 11.6 Å². The molecule has 2 aromatic heterocycles. The van der Waals surface area contributed by atoms with E-state index >= 15 is 0 Å². The van der Waals surface area contributed by atoms with Crippen LogP contribution in [0.3, 0.4) is 0 Å². The van der Waals surface area contributed by atoms with E-state index in [-0.39, 0.29) is 0 Å². The van der Waals surface area contributed by atoms with Crippen LogP contribution in [0.25, 0.3) is 22.5 Å². The molecule has 0 aliphatic carbocycles. The van der Waals surface area contributed by atoms with E-state index in [0.717, 1.165) is 54.0 Å². The van der Waals surface area contributed by atoms with E-state index in [9.17, 15) is 0 Å². The molecule has 0 saturated heterocycles. The Morgan fingerprint density at radius 3 is 2.42 bits per heavy atom. The Kier molecular flexibility index (Phi) is 6.47. The summed E-state index contributed by atoms with van der Waals surface area (Å²) in [5, 5.41) is 15.1. The number of rotatable bonds is 8. The summed E-state index contributed by atoms with van der Waals surface area (Å²) in [6, 6.07) is 16.7. The van der Waals surface area contributed by atoms with Gasteiger partial charge in [-0.25, -0.2) is 4.98 Å². The summed E-state index contributed by atoms with van der Waals surface area (Å²) in [7, 11) is 0. The van der Waals surface area contributed by atoms with Crippen LogP contribution in [0.5, 0.6) is 0 Å². The SMILES string of the molecule is CCCCc1nc(Cl)c(C(C)C)n1Cc1ccc(-c2ccccc2-c2nn[nH]n2)cc1. The van der Waals surface area contributed by atoms with Gasteiger partial charge in [0.2, 0.25) is 5.82 Å². The normalized spacial score (nSPS) is 11.4. The molecule has 0 amide bonds. The van der Waals surface area contributed by atoms with E-state index in [1.54, 1.807) is 0 Å². The average molecular weight is 435 g/mol. The van der Waals surface area contributed by atoms with Crippen molar-refractivity contribution in [2.75, 3.05) is 0 Å². The van der Waals surface area contributed by atoms with Gasteiger partial charge in [0, 0.05) is 18.5 Å². The first-order valence-corrected chi connectivity index (χ1v) is 11.1. The Labute approximate surface area is 187 Å². The summed E-state index contributed by atoms with van der Waals surface area (Å²) in [6.45, 7) is 7.30. The zero-order valence-corrected chi connectivity index (χ0v) is 18.9. The van der Waals surface area contributed by atoms with Crippen molar-refractivity contribution >= 4 is 11.6 Å². The van der Waals surface area contributed by atoms with Crippen LogP contribution < -0.4 is 0 Å². The molecular formula is C24H27ClN6. The molecule has 0 bridgehead atoms. The molecule has 31 heavy (non-hydrogen) atoms. The van der Waals surface area contributed by atoms with Gasteiger partial charge in [-0.05, 0) is 34.2 Å². The number of hydrogen-bond donors (Lipinski definition) is 1. The third-order valence-electron chi connectivity index (χ3n) is 5.46. The van der Waals surface area contributed by atoms with Gasteiger partial charge in [-0.1, -0.05) is 87.3 Å². The topological polar surface area (TPSA) is 72.3 Å². The third kappa shape index (κ3) is 4.54. The highest BCUT2D eigenvalue weighted by molar-refractivity contribution is 6.30. The highest BCUT2D eigenvalue weighted by Crippen LogP contribution is 2.31. The van der Waals surface area contributed by atoms with Crippen molar-refractivity contribution in [1.29, 1.82) is 0 Å². The Hall–Kier alpha value is -2.99. The van der Waals surface area contributed by atoms with Crippen molar-refractivity contribution in [3.05, 3.63) is 70.8 Å². The molecule has 0 aliphatic heterocycles. The third-order valence-corrected chi connectivity index (χ3v) is 5.74. The van der Waals surface area contributed by atoms with E-state index < -0.39 is 0 Å². The van der Waals surface area contributed by atoms with Crippen molar-refractivity contribution in [3.63, 3.8) is 0 Å². The number of aromatic nitrogens is 6. The first kappa shape index (κ1) is 21.2. The number of hydrogen-bond acceptors (Lipinski definition) is 4. The van der Waals surface area contributed by atoms with E-state index in [2.05, 4.69) is 81.3 Å². The van der Waals surface area contributed by atoms with Crippen LogP contribution in [0.15, 0.2) is 48.5 Å². The maximum absolute atomic E-state index is 6.51. The van der Waals surface area contributed by atoms with Crippen LogP contribution in [0.4, 0.5) is 0 Å². The number of nitrogens with one attached hydrogen (secondary N) is 1. The fraction of sp³-hybridized carbons (Fsp3) is 0.333. The number of imidazole rings is 1. The minimum atomic E-state index is 0.316. The second kappa shape index (κ2) is 9.43. The number of aromatic amines is 1. The van der Waals surface area contributed by atoms with E-state index in [1.165, 1.54) is 5.56 Å². The highest BCUT2D eigenvalue weighted by Gasteiger charge is 2.18. The number of tetrazole rings is 1. The number of halogens is 1. The van der Waals surface area contributed by atoms with Gasteiger partial charge < -0.3 is 4.57 Å². The summed E-state index contributed by atoms with van der Waals surface area (Å²) in [5.74, 6) is 1.98. The number of benzene rings is 2. The highest BCUT2D eigenvalue weighted by atomic mass is 35.5. The van der Waals surface area contributed by atoms with Gasteiger partial charge in [0.05, 0.1) is 5.69 Å². The Balaban J connectivity index is 1.64. The van der Waals surface area contributed by atoms with Crippen molar-refractivity contribution < 1.29 is 0 Å². The standard InChI is InChI=1S/C24H27ClN6/c1-4-5-10-21-26-23(25)22(16(2)3)31(21)15-17-11-13-18(14-12-17)19-8-6-7-9-20(19)24-27-29-30-28-24/h6-9,11-14,16H,4-5,10,15H2,1-3H3,(H,27,28,29,30). The lowest BCUT2D eigenvalue weighted by atomic mass is 9.98. The Morgan fingerprint density at radius 2 is 1.77 bits per heavy atom. The monoisotopic (exact) mass is 434 g/mol. The molecule has 7 heteroatoms. The smallest absolute Gasteiger partial charge is 0.205 e. The van der Waals surface area contributed by atoms with Gasteiger partial charge in [-0.2, -0.15) is 5.21 Å². The Bertz CT molecular complexity index is 1130. The zero-order valence-electron chi connectivity index (χ0n) is 18.1. The van der Waals surface area contributed by atoms with Crippen LogP contribution in [-0.4, -0.2) is 30.2 Å². The molecular weight excluding hydrogens is 408 g/mol. The summed E-state index contributed by atoms with van der Waals surface area (Å²) in [4.78, 5) is 4.68. The van der Waals surface area contributed by atoms with Crippen LogP contribution in [0.1, 0.15) is 56.6 Å². The molecule has 0 radical (unpaired) electrons. The van der Waals surface area contributed by atoms with Gasteiger partial charge in [-0.3, -0.25) is 0 Å². The fourth-order valence-electron chi connectivity index (χ4n) is 3.91. The second-order valence-electron chi connectivity index (χ2n) is 8.03. The van der Waals surface area contributed by atoms with Crippen LogP contribution in [-0.2, 0) is 13.0 Å². The summed E-state index contributed by atoms with van der Waals surface area (Å²) in [6.07, 6.45) is 3.19. The molecule has 1 N–H and O–H groups in total. The van der Waals surface area contributed by atoms with E-state index in [4.69, 9.17) is 11.6 Å². The lowest BCUT2D eigenvalue weighted by Gasteiger charge is -2.15. The molecule has 6 nitrogen and oxygen atoms in total. The largest absolute Gasteiger partial charge is 0.326 e. The zero-order chi connectivity index (χ0) is 21.8. The minimum absolute atomic E-state index is 0.316. The van der Waals surface area contributed by atoms with Crippen molar-refractivity contribution in [2.24, 2.45) is 0 Å². The van der Waals surface area contributed by atoms with Crippen molar-refractivity contribution in [2.45, 2.75) is 52.5 Å². The first-order valence-electron chi connectivity index (χ1n) is 10.8. The molecule has 2 heterocycles. The lowest BCUT2D eigenvalue weighted by Crippen LogP contribution is -2.10. The lowest BCUT2D eigenvalue weighted by molar-refractivity contribution is 0.635. The maximum Gasteiger partial charge on any atom is 0.205 e. The second-order valence-corrected chi connectivity index (χ2v) is 8.38. The quantitative estimate of drug-likeness (QED) is 0.374. The molecule has 0 saturated carbocycles. The molecule has 0 unspecified atom stereocenters. The summed E-state index contributed by atoms with van der Waals surface area (Å²) >= 11 is 6.51. The Morgan fingerprint density at radius 1 is 1.03 bits per heavy atom. The van der Waals surface area contributed by atoms with Crippen LogP contribution in [0.2, 0.25) is 5.15 Å². The molecule has 160 valence electrons. The van der Waals surface area contributed by atoms with Crippen LogP contribution in [0, 0.1) is 0 Å². The number of nitrogens with zero attached hydrogens (tertiary/aromatic N) is 5. The summed E-state index contributed by atoms with van der Waals surface area (Å²) in [5.41, 5.74) is 5.47. The average Bonchev–Trinajstić information content (AvgIpc) is 3.41. The minimum Gasteiger partial charge on any atom is -0.326 e. The molecule has 4 aromatic rings. The van der Waals surface area contributed by atoms with Gasteiger partial charge in [0.25, 0.3) is 0 Å². The number of unbranched alkanes of at least 4 members (excludes halogenated alkanes) is 1. The molecule has 0 spiro atoms. The van der Waals surface area contributed by atoms with Crippen molar-refractivity contribution in [1.82, 2.24) is 30.2 Å². The van der Waals surface area contributed by atoms with Gasteiger partial charge in [0.15, 0.2) is 5.15 Å². The number of H-pyrrole nitrogens is 1. The number of aryl methyl sites for hydroxylation is 1. The molecule has 2 aromatic carbocycles. The molecule has 0 atom stereocenters. The molecule has 0 fully saturated rings. The summed E-state index contributed by atoms with van der Waals surface area (Å²) < 4.78 is 2.30. The molecule has 0 aliphatic rings. The molecule has 4 rings (SSSR count). The van der Waals surface area contributed by atoms with Gasteiger partial charge in [0.1, 0.15) is 5.82 Å². The van der Waals surface area contributed by atoms with Gasteiger partial charge >= 0.3 is 0 Å². The van der Waals surface area contributed by atoms with Gasteiger partial charge in [-0.15, -0.1) is 10.2 Å².